The molecule has 0 unspecified atom stereocenters. The minimum atomic E-state index is -0.122. The highest BCUT2D eigenvalue weighted by molar-refractivity contribution is 7.20. The van der Waals surface area contributed by atoms with Gasteiger partial charge in [0.25, 0.3) is 0 Å². The normalized spacial score (nSPS) is 12.2. The summed E-state index contributed by atoms with van der Waals surface area (Å²) in [5.74, 6) is -0.122. The van der Waals surface area contributed by atoms with Crippen LogP contribution in [0.2, 0.25) is 0 Å². The smallest absolute Gasteiger partial charge is 0.244 e. The second-order valence-electron chi connectivity index (χ2n) is 8.50. The minimum absolute atomic E-state index is 0.0717. The van der Waals surface area contributed by atoms with Crippen molar-refractivity contribution in [3.8, 4) is 0 Å². The zero-order chi connectivity index (χ0) is 24.3. The summed E-state index contributed by atoms with van der Waals surface area (Å²) in [4.78, 5) is 28.8. The Morgan fingerprint density at radius 3 is 2.79 bits per heavy atom. The molecule has 3 aromatic rings. The Bertz CT molecular complexity index is 1110. The van der Waals surface area contributed by atoms with Crippen LogP contribution in [0.3, 0.4) is 0 Å². The Morgan fingerprint density at radius 2 is 2.06 bits per heavy atom. The van der Waals surface area contributed by atoms with Crippen LogP contribution in [0.25, 0.3) is 16.2 Å². The van der Waals surface area contributed by atoms with Crippen LogP contribution in [0.1, 0.15) is 62.0 Å². The maximum absolute atomic E-state index is 12.6. The molecule has 34 heavy (non-hydrogen) atoms. The van der Waals surface area contributed by atoms with Gasteiger partial charge in [-0.3, -0.25) is 19.8 Å². The highest BCUT2D eigenvalue weighted by atomic mass is 32.1. The number of pyridine rings is 1. The molecular weight excluding hydrogens is 446 g/mol. The van der Waals surface area contributed by atoms with E-state index in [4.69, 9.17) is 0 Å². The van der Waals surface area contributed by atoms with Gasteiger partial charge in [0.05, 0.1) is 10.4 Å². The van der Waals surface area contributed by atoms with E-state index in [1.807, 2.05) is 37.4 Å². The van der Waals surface area contributed by atoms with E-state index in [1.54, 1.807) is 18.3 Å². The number of unbranched alkanes of at least 4 members (excludes halogenated alkanes) is 2. The molecule has 2 amide bonds. The van der Waals surface area contributed by atoms with Crippen LogP contribution in [0.15, 0.2) is 48.8 Å². The van der Waals surface area contributed by atoms with E-state index in [9.17, 15) is 14.8 Å². The molecule has 6 nitrogen and oxygen atoms in total. The van der Waals surface area contributed by atoms with E-state index in [1.165, 1.54) is 16.9 Å². The van der Waals surface area contributed by atoms with Crippen molar-refractivity contribution in [2.24, 2.45) is 0 Å². The molecule has 0 spiro atoms. The summed E-state index contributed by atoms with van der Waals surface area (Å²) in [6.45, 7) is 4.19. The molecule has 1 atom stereocenters. The molecule has 2 aromatic heterocycles. The number of amides is 2. The number of rotatable bonds is 13. The lowest BCUT2D eigenvalue weighted by molar-refractivity contribution is -0.117. The average molecular weight is 480 g/mol. The van der Waals surface area contributed by atoms with E-state index in [0.29, 0.717) is 17.2 Å². The van der Waals surface area contributed by atoms with Gasteiger partial charge in [-0.1, -0.05) is 38.0 Å². The first kappa shape index (κ1) is 25.6. The Hall–Kier alpha value is -3.03. The fourth-order valence-electron chi connectivity index (χ4n) is 4.03. The summed E-state index contributed by atoms with van der Waals surface area (Å²) in [5, 5.41) is 14.7. The van der Waals surface area contributed by atoms with Gasteiger partial charge in [-0.2, -0.15) is 5.06 Å². The number of nitrogens with zero attached hydrogens (tertiary/aromatic N) is 2. The van der Waals surface area contributed by atoms with E-state index in [0.717, 1.165) is 65.5 Å². The van der Waals surface area contributed by atoms with Crippen molar-refractivity contribution in [1.29, 1.82) is 0 Å². The zero-order valence-corrected chi connectivity index (χ0v) is 20.7. The van der Waals surface area contributed by atoms with Gasteiger partial charge in [-0.25, -0.2) is 0 Å². The van der Waals surface area contributed by atoms with Gasteiger partial charge in [0, 0.05) is 29.4 Å². The molecule has 2 N–H and O–H groups in total. The maximum atomic E-state index is 12.6. The Morgan fingerprint density at radius 1 is 1.21 bits per heavy atom. The third-order valence-corrected chi connectivity index (χ3v) is 7.04. The van der Waals surface area contributed by atoms with E-state index in [-0.39, 0.29) is 11.9 Å². The van der Waals surface area contributed by atoms with Gasteiger partial charge in [0.2, 0.25) is 12.3 Å². The maximum Gasteiger partial charge on any atom is 0.244 e. The van der Waals surface area contributed by atoms with Gasteiger partial charge in [-0.15, -0.1) is 11.3 Å². The number of hydrogen-bond acceptors (Lipinski definition) is 5. The first-order valence-corrected chi connectivity index (χ1v) is 12.7. The number of fused-ring (bicyclic) bond motifs is 1. The zero-order valence-electron chi connectivity index (χ0n) is 19.9. The SMILES string of the molecule is CCCCCc1c(/C=C/C(=O)N[C@H](C)CCCc2cccnc2)sc2c(N(O)C=O)cccc12. The van der Waals surface area contributed by atoms with Crippen molar-refractivity contribution in [2.45, 2.75) is 64.8 Å². The lowest BCUT2D eigenvalue weighted by Gasteiger charge is -2.12. The number of carbonyl (C=O) groups is 2. The molecule has 0 fully saturated rings. The van der Waals surface area contributed by atoms with Gasteiger partial charge < -0.3 is 5.32 Å². The van der Waals surface area contributed by atoms with Crippen LogP contribution >= 0.6 is 11.3 Å². The summed E-state index contributed by atoms with van der Waals surface area (Å²) < 4.78 is 0.840. The van der Waals surface area contributed by atoms with Gasteiger partial charge in [-0.05, 0) is 73.7 Å². The number of aromatic nitrogens is 1. The third kappa shape index (κ3) is 6.98. The summed E-state index contributed by atoms with van der Waals surface area (Å²) in [6.07, 6.45) is 14.5. The molecule has 1 aromatic carbocycles. The number of benzene rings is 1. The molecule has 3 rings (SSSR count). The monoisotopic (exact) mass is 479 g/mol. The summed E-state index contributed by atoms with van der Waals surface area (Å²) in [5.41, 5.74) is 2.82. The Balaban J connectivity index is 1.68. The molecule has 0 saturated carbocycles. The lowest BCUT2D eigenvalue weighted by atomic mass is 10.0. The third-order valence-electron chi connectivity index (χ3n) is 5.81. The Labute approximate surface area is 205 Å². The van der Waals surface area contributed by atoms with Gasteiger partial charge >= 0.3 is 0 Å². The predicted octanol–water partition coefficient (Wildman–Crippen LogP) is 5.92. The number of hydrogen-bond donors (Lipinski definition) is 2. The van der Waals surface area contributed by atoms with E-state index >= 15 is 0 Å². The molecule has 2 heterocycles. The number of hydroxylamine groups is 1. The quantitative estimate of drug-likeness (QED) is 0.105. The molecule has 0 saturated heterocycles. The number of aryl methyl sites for hydroxylation is 2. The highest BCUT2D eigenvalue weighted by Crippen LogP contribution is 2.39. The second-order valence-corrected chi connectivity index (χ2v) is 9.55. The van der Waals surface area contributed by atoms with Crippen molar-refractivity contribution in [2.75, 3.05) is 5.06 Å². The molecule has 0 aliphatic heterocycles. The average Bonchev–Trinajstić information content (AvgIpc) is 3.20. The van der Waals surface area contributed by atoms with Crippen LogP contribution in [-0.2, 0) is 22.4 Å². The topological polar surface area (TPSA) is 82.5 Å². The molecule has 0 aliphatic carbocycles. The first-order valence-electron chi connectivity index (χ1n) is 11.9. The van der Waals surface area contributed by atoms with Crippen molar-refractivity contribution < 1.29 is 14.8 Å². The molecule has 180 valence electrons. The van der Waals surface area contributed by atoms with Crippen molar-refractivity contribution in [3.63, 3.8) is 0 Å². The number of anilines is 1. The first-order chi connectivity index (χ1) is 16.5. The van der Waals surface area contributed by atoms with E-state index < -0.39 is 0 Å². The van der Waals surface area contributed by atoms with Crippen LogP contribution in [-0.4, -0.2) is 28.6 Å². The molecule has 7 heteroatoms. The molecule has 0 radical (unpaired) electrons. The highest BCUT2D eigenvalue weighted by Gasteiger charge is 2.16. The lowest BCUT2D eigenvalue weighted by Crippen LogP contribution is -2.31. The molecule has 0 aliphatic rings. The summed E-state index contributed by atoms with van der Waals surface area (Å²) in [7, 11) is 0. The number of carbonyl (C=O) groups excluding carboxylic acids is 2. The number of nitrogens with one attached hydrogen (secondary N) is 1. The Kier molecular flexibility index (Phi) is 9.79. The number of thiophene rings is 1. The van der Waals surface area contributed by atoms with Crippen molar-refractivity contribution in [3.05, 3.63) is 64.8 Å². The molecular formula is C27H33N3O3S. The van der Waals surface area contributed by atoms with Crippen LogP contribution < -0.4 is 10.4 Å². The van der Waals surface area contributed by atoms with Crippen LogP contribution in [0.4, 0.5) is 5.69 Å². The predicted molar refractivity (Wildman–Crippen MR) is 139 cm³/mol. The fraction of sp³-hybridized carbons (Fsp3) is 0.370. The van der Waals surface area contributed by atoms with Gasteiger partial charge in [0.1, 0.15) is 0 Å². The van der Waals surface area contributed by atoms with Crippen LogP contribution in [0.5, 0.6) is 0 Å². The molecule has 0 bridgehead atoms. The van der Waals surface area contributed by atoms with Crippen molar-refractivity contribution in [1.82, 2.24) is 10.3 Å². The van der Waals surface area contributed by atoms with Gasteiger partial charge in [0.15, 0.2) is 0 Å². The minimum Gasteiger partial charge on any atom is -0.350 e. The van der Waals surface area contributed by atoms with Crippen molar-refractivity contribution >= 4 is 45.5 Å². The van der Waals surface area contributed by atoms with E-state index in [2.05, 4.69) is 23.3 Å². The fourth-order valence-corrected chi connectivity index (χ4v) is 5.29. The summed E-state index contributed by atoms with van der Waals surface area (Å²) >= 11 is 1.49. The standard InChI is InChI=1S/C27H33N3O3S/c1-3-4-5-12-22-23-13-7-14-24(30(33)19-31)27(23)34-25(22)15-16-26(32)29-20(2)9-6-10-21-11-8-17-28-18-21/h7-8,11,13-20,33H,3-6,9-10,12H2,1-2H3,(H,29,32)/b16-15+/t20-/m1/s1. The summed E-state index contributed by atoms with van der Waals surface area (Å²) in [6, 6.07) is 9.65. The second kappa shape index (κ2) is 13.0. The van der Waals surface area contributed by atoms with Crippen LogP contribution in [0, 0.1) is 0 Å². The largest absolute Gasteiger partial charge is 0.350 e.